The summed E-state index contributed by atoms with van der Waals surface area (Å²) in [5.74, 6) is 0.707. The van der Waals surface area contributed by atoms with Crippen LogP contribution >= 0.6 is 27.3 Å². The van der Waals surface area contributed by atoms with E-state index in [1.165, 1.54) is 11.3 Å². The third kappa shape index (κ3) is 5.17. The van der Waals surface area contributed by atoms with Crippen LogP contribution in [-0.4, -0.2) is 15.7 Å². The van der Waals surface area contributed by atoms with E-state index in [4.69, 9.17) is 4.74 Å². The lowest BCUT2D eigenvalue weighted by atomic mass is 10.2. The zero-order valence-corrected chi connectivity index (χ0v) is 18.7. The fraction of sp³-hybridized carbons (Fsp3) is 0.130. The first-order valence-electron chi connectivity index (χ1n) is 9.41. The van der Waals surface area contributed by atoms with Gasteiger partial charge in [-0.15, -0.1) is 11.3 Å². The molecule has 7 heteroatoms. The minimum Gasteiger partial charge on any atom is -0.489 e. The van der Waals surface area contributed by atoms with Crippen LogP contribution in [0.5, 0.6) is 5.75 Å². The fourth-order valence-corrected chi connectivity index (χ4v) is 3.99. The van der Waals surface area contributed by atoms with Crippen LogP contribution in [0.2, 0.25) is 0 Å². The Morgan fingerprint density at radius 3 is 2.77 bits per heavy atom. The summed E-state index contributed by atoms with van der Waals surface area (Å²) in [7, 11) is 0. The number of rotatable bonds is 7. The summed E-state index contributed by atoms with van der Waals surface area (Å²) in [5.41, 5.74) is 3.86. The Morgan fingerprint density at radius 1 is 1.17 bits per heavy atom. The summed E-state index contributed by atoms with van der Waals surface area (Å²) in [5, 5.41) is 9.19. The third-order valence-corrected chi connectivity index (χ3v) is 6.02. The van der Waals surface area contributed by atoms with Crippen LogP contribution in [0.25, 0.3) is 0 Å². The van der Waals surface area contributed by atoms with Crippen LogP contribution in [0.1, 0.15) is 26.4 Å². The van der Waals surface area contributed by atoms with Crippen molar-refractivity contribution >= 4 is 38.9 Å². The molecule has 0 bridgehead atoms. The van der Waals surface area contributed by atoms with Gasteiger partial charge < -0.3 is 10.1 Å². The number of benzene rings is 2. The second-order valence-electron chi connectivity index (χ2n) is 6.88. The molecule has 0 atom stereocenters. The monoisotopic (exact) mass is 481 g/mol. The predicted molar refractivity (Wildman–Crippen MR) is 123 cm³/mol. The molecule has 0 aliphatic carbocycles. The van der Waals surface area contributed by atoms with Crippen molar-refractivity contribution in [2.75, 3.05) is 5.32 Å². The summed E-state index contributed by atoms with van der Waals surface area (Å²) in [6, 6.07) is 17.8. The zero-order valence-electron chi connectivity index (χ0n) is 16.3. The van der Waals surface area contributed by atoms with Crippen LogP contribution in [0.3, 0.4) is 0 Å². The van der Waals surface area contributed by atoms with Crippen LogP contribution in [0.4, 0.5) is 5.69 Å². The first-order valence-corrected chi connectivity index (χ1v) is 11.1. The molecule has 2 heterocycles. The number of carbonyl (C=O) groups is 1. The summed E-state index contributed by atoms with van der Waals surface area (Å²) < 4.78 is 8.70. The number of thiophene rings is 1. The average molecular weight is 482 g/mol. The maximum absolute atomic E-state index is 12.6. The van der Waals surface area contributed by atoms with Gasteiger partial charge >= 0.3 is 0 Å². The van der Waals surface area contributed by atoms with E-state index in [0.29, 0.717) is 23.7 Å². The first kappa shape index (κ1) is 20.4. The lowest BCUT2D eigenvalue weighted by molar-refractivity contribution is 0.103. The van der Waals surface area contributed by atoms with Crippen LogP contribution in [-0.2, 0) is 13.2 Å². The first-order chi connectivity index (χ1) is 14.6. The molecule has 0 aliphatic rings. The Balaban J connectivity index is 1.34. The molecule has 0 unspecified atom stereocenters. The number of ether oxygens (including phenoxy) is 1. The van der Waals surface area contributed by atoms with E-state index in [1.54, 1.807) is 10.9 Å². The van der Waals surface area contributed by atoms with Crippen molar-refractivity contribution in [2.24, 2.45) is 0 Å². The van der Waals surface area contributed by atoms with Crippen molar-refractivity contribution in [1.82, 2.24) is 9.78 Å². The SMILES string of the molecule is Cc1ccccc1OCc1csc(C(=O)Nc2cnn(Cc3ccc(Br)cc3)c2)c1. The van der Waals surface area contributed by atoms with E-state index in [1.807, 2.05) is 73.1 Å². The molecule has 0 spiro atoms. The minimum absolute atomic E-state index is 0.148. The lowest BCUT2D eigenvalue weighted by Crippen LogP contribution is -2.09. The van der Waals surface area contributed by atoms with Gasteiger partial charge in [0.05, 0.1) is 23.3 Å². The van der Waals surface area contributed by atoms with Gasteiger partial charge in [0.2, 0.25) is 0 Å². The molecule has 0 radical (unpaired) electrons. The standard InChI is InChI=1S/C23H20BrN3O2S/c1-16-4-2-3-5-21(16)29-14-18-10-22(30-15-18)23(28)26-20-11-25-27(13-20)12-17-6-8-19(24)9-7-17/h2-11,13,15H,12,14H2,1H3,(H,26,28). The zero-order chi connectivity index (χ0) is 20.9. The van der Waals surface area contributed by atoms with E-state index < -0.39 is 0 Å². The number of hydrogen-bond acceptors (Lipinski definition) is 4. The molecule has 2 aromatic carbocycles. The topological polar surface area (TPSA) is 56.1 Å². The van der Waals surface area contributed by atoms with Gasteiger partial charge in [-0.1, -0.05) is 46.3 Å². The van der Waals surface area contributed by atoms with Gasteiger partial charge in [0.15, 0.2) is 0 Å². The van der Waals surface area contributed by atoms with E-state index in [2.05, 4.69) is 26.3 Å². The number of aryl methyl sites for hydroxylation is 1. The highest BCUT2D eigenvalue weighted by atomic mass is 79.9. The Kier molecular flexibility index (Phi) is 6.30. The van der Waals surface area contributed by atoms with Crippen molar-refractivity contribution in [3.8, 4) is 5.75 Å². The van der Waals surface area contributed by atoms with Gasteiger partial charge in [0.25, 0.3) is 5.91 Å². The van der Waals surface area contributed by atoms with Crippen molar-refractivity contribution in [1.29, 1.82) is 0 Å². The summed E-state index contributed by atoms with van der Waals surface area (Å²) in [6.07, 6.45) is 3.49. The number of amides is 1. The molecule has 0 fully saturated rings. The number of hydrogen-bond donors (Lipinski definition) is 1. The molecule has 152 valence electrons. The van der Waals surface area contributed by atoms with Gasteiger partial charge in [-0.2, -0.15) is 5.10 Å². The van der Waals surface area contributed by atoms with E-state index in [0.717, 1.165) is 26.9 Å². The van der Waals surface area contributed by atoms with Crippen molar-refractivity contribution in [3.05, 3.63) is 98.4 Å². The highest BCUT2D eigenvalue weighted by Gasteiger charge is 2.11. The number of anilines is 1. The van der Waals surface area contributed by atoms with Crippen LogP contribution < -0.4 is 10.1 Å². The number of para-hydroxylation sites is 1. The van der Waals surface area contributed by atoms with Gasteiger partial charge in [0.1, 0.15) is 12.4 Å². The van der Waals surface area contributed by atoms with Crippen molar-refractivity contribution < 1.29 is 9.53 Å². The van der Waals surface area contributed by atoms with E-state index in [-0.39, 0.29) is 5.91 Å². The van der Waals surface area contributed by atoms with Gasteiger partial charge in [-0.05, 0) is 47.7 Å². The number of nitrogens with one attached hydrogen (secondary N) is 1. The Morgan fingerprint density at radius 2 is 1.97 bits per heavy atom. The maximum Gasteiger partial charge on any atom is 0.265 e. The molecule has 0 aliphatic heterocycles. The van der Waals surface area contributed by atoms with Gasteiger partial charge in [0, 0.05) is 16.2 Å². The largest absolute Gasteiger partial charge is 0.489 e. The fourth-order valence-electron chi connectivity index (χ4n) is 2.93. The third-order valence-electron chi connectivity index (χ3n) is 4.51. The second kappa shape index (κ2) is 9.28. The minimum atomic E-state index is -0.148. The van der Waals surface area contributed by atoms with Crippen molar-refractivity contribution in [2.45, 2.75) is 20.1 Å². The Labute approximate surface area is 187 Å². The molecule has 5 nitrogen and oxygen atoms in total. The highest BCUT2D eigenvalue weighted by Crippen LogP contribution is 2.21. The molecule has 1 N–H and O–H groups in total. The predicted octanol–water partition coefficient (Wildman–Crippen LogP) is 5.90. The van der Waals surface area contributed by atoms with E-state index in [9.17, 15) is 4.79 Å². The summed E-state index contributed by atoms with van der Waals surface area (Å²) in [4.78, 5) is 13.2. The van der Waals surface area contributed by atoms with Crippen LogP contribution in [0.15, 0.2) is 76.8 Å². The number of aromatic nitrogens is 2. The molecular formula is C23H20BrN3O2S. The smallest absolute Gasteiger partial charge is 0.265 e. The molecule has 4 rings (SSSR count). The molecule has 30 heavy (non-hydrogen) atoms. The number of carbonyl (C=O) groups excluding carboxylic acids is 1. The second-order valence-corrected chi connectivity index (χ2v) is 8.71. The molecule has 4 aromatic rings. The maximum atomic E-state index is 12.6. The molecule has 0 saturated heterocycles. The molecule has 2 aromatic heterocycles. The molecule has 1 amide bonds. The normalized spacial score (nSPS) is 10.7. The highest BCUT2D eigenvalue weighted by molar-refractivity contribution is 9.10. The van der Waals surface area contributed by atoms with Gasteiger partial charge in [-0.3, -0.25) is 9.48 Å². The summed E-state index contributed by atoms with van der Waals surface area (Å²) in [6.45, 7) is 3.08. The van der Waals surface area contributed by atoms with E-state index >= 15 is 0 Å². The average Bonchev–Trinajstić information content (AvgIpc) is 3.39. The summed E-state index contributed by atoms with van der Waals surface area (Å²) >= 11 is 4.84. The Bertz CT molecular complexity index is 1150. The molecular weight excluding hydrogens is 462 g/mol. The molecule has 0 saturated carbocycles. The van der Waals surface area contributed by atoms with Crippen molar-refractivity contribution in [3.63, 3.8) is 0 Å². The Hall–Kier alpha value is -2.90. The number of nitrogens with zero attached hydrogens (tertiary/aromatic N) is 2. The number of halogens is 1. The quantitative estimate of drug-likeness (QED) is 0.357. The lowest BCUT2D eigenvalue weighted by Gasteiger charge is -2.07. The van der Waals surface area contributed by atoms with Gasteiger partial charge in [-0.25, -0.2) is 0 Å². The van der Waals surface area contributed by atoms with Crippen LogP contribution in [0, 0.1) is 6.92 Å².